The van der Waals surface area contributed by atoms with E-state index in [1.165, 1.54) is 19.3 Å². The SMILES string of the molecule is CCCC1CCC(c2cccc(Cl)c2F)C1. The van der Waals surface area contributed by atoms with Crippen LogP contribution in [-0.2, 0) is 0 Å². The largest absolute Gasteiger partial charge is 0.205 e. The fourth-order valence-electron chi connectivity index (χ4n) is 2.86. The normalized spacial score (nSPS) is 24.9. The number of hydrogen-bond donors (Lipinski definition) is 0. The van der Waals surface area contributed by atoms with Gasteiger partial charge in [-0.25, -0.2) is 4.39 Å². The van der Waals surface area contributed by atoms with Gasteiger partial charge in [0, 0.05) is 0 Å². The number of benzene rings is 1. The van der Waals surface area contributed by atoms with Crippen LogP contribution in [0.3, 0.4) is 0 Å². The molecule has 1 saturated carbocycles. The van der Waals surface area contributed by atoms with Crippen LogP contribution in [-0.4, -0.2) is 0 Å². The highest BCUT2D eigenvalue weighted by atomic mass is 35.5. The minimum atomic E-state index is -0.202. The summed E-state index contributed by atoms with van der Waals surface area (Å²) in [6.07, 6.45) is 5.99. The van der Waals surface area contributed by atoms with Gasteiger partial charge in [0.15, 0.2) is 0 Å². The van der Waals surface area contributed by atoms with Gasteiger partial charge < -0.3 is 0 Å². The van der Waals surface area contributed by atoms with Crippen LogP contribution in [0.25, 0.3) is 0 Å². The van der Waals surface area contributed by atoms with Gasteiger partial charge in [-0.15, -0.1) is 0 Å². The molecule has 0 radical (unpaired) electrons. The Morgan fingerprint density at radius 1 is 1.38 bits per heavy atom. The predicted molar refractivity (Wildman–Crippen MR) is 66.4 cm³/mol. The Morgan fingerprint density at radius 2 is 2.19 bits per heavy atom. The Balaban J connectivity index is 2.11. The van der Waals surface area contributed by atoms with Gasteiger partial charge in [-0.1, -0.05) is 43.5 Å². The van der Waals surface area contributed by atoms with Crippen LogP contribution in [0, 0.1) is 11.7 Å². The molecule has 1 aliphatic carbocycles. The molecule has 0 aromatic heterocycles. The van der Waals surface area contributed by atoms with E-state index in [1.807, 2.05) is 12.1 Å². The van der Waals surface area contributed by atoms with Crippen LogP contribution < -0.4 is 0 Å². The molecule has 16 heavy (non-hydrogen) atoms. The van der Waals surface area contributed by atoms with Crippen LogP contribution >= 0.6 is 11.6 Å². The summed E-state index contributed by atoms with van der Waals surface area (Å²) in [5.74, 6) is 0.968. The van der Waals surface area contributed by atoms with Gasteiger partial charge in [0.2, 0.25) is 0 Å². The lowest BCUT2D eigenvalue weighted by Crippen LogP contribution is -1.99. The average Bonchev–Trinajstić information content (AvgIpc) is 2.71. The number of rotatable bonds is 3. The lowest BCUT2D eigenvalue weighted by molar-refractivity contribution is 0.485. The highest BCUT2D eigenvalue weighted by Gasteiger charge is 2.27. The molecular formula is C14H18ClF. The maximum atomic E-state index is 13.8. The summed E-state index contributed by atoms with van der Waals surface area (Å²) < 4.78 is 13.8. The predicted octanol–water partition coefficient (Wildman–Crippen LogP) is 5.16. The van der Waals surface area contributed by atoms with Crippen molar-refractivity contribution in [2.24, 2.45) is 5.92 Å². The van der Waals surface area contributed by atoms with Crippen LogP contribution in [0.1, 0.15) is 50.5 Å². The van der Waals surface area contributed by atoms with Gasteiger partial charge in [-0.05, 0) is 42.7 Å². The van der Waals surface area contributed by atoms with Crippen LogP contribution in [0.5, 0.6) is 0 Å². The highest BCUT2D eigenvalue weighted by Crippen LogP contribution is 2.41. The van der Waals surface area contributed by atoms with Gasteiger partial charge in [0.1, 0.15) is 5.82 Å². The average molecular weight is 241 g/mol. The molecule has 0 spiro atoms. The molecular weight excluding hydrogens is 223 g/mol. The highest BCUT2D eigenvalue weighted by molar-refractivity contribution is 6.30. The topological polar surface area (TPSA) is 0 Å². The van der Waals surface area contributed by atoms with E-state index >= 15 is 0 Å². The Morgan fingerprint density at radius 3 is 2.94 bits per heavy atom. The van der Waals surface area contributed by atoms with E-state index in [0.29, 0.717) is 5.92 Å². The summed E-state index contributed by atoms with van der Waals surface area (Å²) in [5, 5.41) is 0.261. The molecule has 0 heterocycles. The lowest BCUT2D eigenvalue weighted by Gasteiger charge is -2.12. The van der Waals surface area contributed by atoms with Gasteiger partial charge in [0.25, 0.3) is 0 Å². The molecule has 2 rings (SSSR count). The van der Waals surface area contributed by atoms with Crippen molar-refractivity contribution in [1.29, 1.82) is 0 Å². The first-order valence-corrected chi connectivity index (χ1v) is 6.54. The molecule has 2 unspecified atom stereocenters. The Kier molecular flexibility index (Phi) is 3.86. The van der Waals surface area contributed by atoms with Gasteiger partial charge in [-0.2, -0.15) is 0 Å². The molecule has 1 aliphatic rings. The third-order valence-electron chi connectivity index (χ3n) is 3.66. The van der Waals surface area contributed by atoms with E-state index in [2.05, 4.69) is 6.92 Å². The van der Waals surface area contributed by atoms with Crippen LogP contribution in [0.15, 0.2) is 18.2 Å². The zero-order valence-electron chi connectivity index (χ0n) is 9.68. The van der Waals surface area contributed by atoms with Crippen molar-refractivity contribution >= 4 is 11.6 Å². The maximum Gasteiger partial charge on any atom is 0.145 e. The molecule has 1 aromatic carbocycles. The van der Waals surface area contributed by atoms with Gasteiger partial charge >= 0.3 is 0 Å². The second-order valence-corrected chi connectivity index (χ2v) is 5.21. The fraction of sp³-hybridized carbons (Fsp3) is 0.571. The molecule has 0 nitrogen and oxygen atoms in total. The first kappa shape index (κ1) is 11.9. The molecule has 2 heteroatoms. The summed E-state index contributed by atoms with van der Waals surface area (Å²) in [5.41, 5.74) is 0.825. The van der Waals surface area contributed by atoms with Crippen molar-refractivity contribution in [2.45, 2.75) is 44.9 Å². The molecule has 0 amide bonds. The van der Waals surface area contributed by atoms with E-state index in [9.17, 15) is 4.39 Å². The minimum Gasteiger partial charge on any atom is -0.205 e. The van der Waals surface area contributed by atoms with Crippen molar-refractivity contribution in [3.05, 3.63) is 34.6 Å². The zero-order chi connectivity index (χ0) is 11.5. The summed E-state index contributed by atoms with van der Waals surface area (Å²) >= 11 is 5.81. The second kappa shape index (κ2) is 5.18. The Hall–Kier alpha value is -0.560. The minimum absolute atomic E-state index is 0.202. The summed E-state index contributed by atoms with van der Waals surface area (Å²) in [4.78, 5) is 0. The van der Waals surface area contributed by atoms with Crippen molar-refractivity contribution in [3.63, 3.8) is 0 Å². The summed E-state index contributed by atoms with van der Waals surface area (Å²) in [7, 11) is 0. The first-order valence-electron chi connectivity index (χ1n) is 6.16. The van der Waals surface area contributed by atoms with Gasteiger partial charge in [0.05, 0.1) is 5.02 Å². The number of halogens is 2. The van der Waals surface area contributed by atoms with Crippen LogP contribution in [0.4, 0.5) is 4.39 Å². The summed E-state index contributed by atoms with van der Waals surface area (Å²) in [6, 6.07) is 5.37. The molecule has 0 saturated heterocycles. The third-order valence-corrected chi connectivity index (χ3v) is 3.95. The van der Waals surface area contributed by atoms with Crippen LogP contribution in [0.2, 0.25) is 5.02 Å². The smallest absolute Gasteiger partial charge is 0.145 e. The molecule has 88 valence electrons. The van der Waals surface area contributed by atoms with Crippen molar-refractivity contribution in [1.82, 2.24) is 0 Å². The first-order chi connectivity index (χ1) is 7.72. The lowest BCUT2D eigenvalue weighted by atomic mass is 9.94. The molecule has 0 bridgehead atoms. The van der Waals surface area contributed by atoms with E-state index < -0.39 is 0 Å². The molecule has 1 aromatic rings. The van der Waals surface area contributed by atoms with Crippen molar-refractivity contribution in [3.8, 4) is 0 Å². The Labute approximate surface area is 102 Å². The fourth-order valence-corrected chi connectivity index (χ4v) is 3.05. The second-order valence-electron chi connectivity index (χ2n) is 4.81. The molecule has 0 aliphatic heterocycles. The molecule has 1 fully saturated rings. The van der Waals surface area contributed by atoms with E-state index in [0.717, 1.165) is 24.3 Å². The molecule has 0 N–H and O–H groups in total. The maximum absolute atomic E-state index is 13.8. The monoisotopic (exact) mass is 240 g/mol. The van der Waals surface area contributed by atoms with Crippen molar-refractivity contribution < 1.29 is 4.39 Å². The number of hydrogen-bond acceptors (Lipinski definition) is 0. The van der Waals surface area contributed by atoms with E-state index in [4.69, 9.17) is 11.6 Å². The quantitative estimate of drug-likeness (QED) is 0.684. The Bertz CT molecular complexity index is 362. The zero-order valence-corrected chi connectivity index (χ0v) is 10.4. The third kappa shape index (κ3) is 2.40. The summed E-state index contributed by atoms with van der Waals surface area (Å²) in [6.45, 7) is 2.22. The van der Waals surface area contributed by atoms with Gasteiger partial charge in [-0.3, -0.25) is 0 Å². The van der Waals surface area contributed by atoms with Crippen molar-refractivity contribution in [2.75, 3.05) is 0 Å². The molecule has 2 atom stereocenters. The van der Waals surface area contributed by atoms with E-state index in [1.54, 1.807) is 6.07 Å². The standard InChI is InChI=1S/C14H18ClF/c1-2-4-10-7-8-11(9-10)12-5-3-6-13(15)14(12)16/h3,5-6,10-11H,2,4,7-9H2,1H3. The van der Waals surface area contributed by atoms with E-state index in [-0.39, 0.29) is 10.8 Å².